The van der Waals surface area contributed by atoms with Gasteiger partial charge in [-0.1, -0.05) is 21.0 Å². The molecule has 2 rings (SSSR count). The Labute approximate surface area is 145 Å². The number of nitrogens with zero attached hydrogens (tertiary/aromatic N) is 4. The third kappa shape index (κ3) is 3.31. The predicted octanol–water partition coefficient (Wildman–Crippen LogP) is 0.367. The molecule has 3 amide bonds. The van der Waals surface area contributed by atoms with E-state index in [0.29, 0.717) is 0 Å². The highest BCUT2D eigenvalue weighted by Gasteiger charge is 2.55. The van der Waals surface area contributed by atoms with E-state index in [0.717, 1.165) is 11.8 Å². The van der Waals surface area contributed by atoms with Crippen molar-refractivity contribution in [3.8, 4) is 0 Å². The number of amides is 3. The Morgan fingerprint density at radius 1 is 1.67 bits per heavy atom. The van der Waals surface area contributed by atoms with Crippen LogP contribution in [0, 0.1) is 0 Å². The van der Waals surface area contributed by atoms with E-state index in [1.165, 1.54) is 6.92 Å². The number of hydrogen-bond acceptors (Lipinski definition) is 7. The summed E-state index contributed by atoms with van der Waals surface area (Å²) in [6, 6.07) is -1.51. The van der Waals surface area contributed by atoms with E-state index in [-0.39, 0.29) is 6.42 Å². The fraction of sp³-hybridized carbons (Fsp3) is 0.750. The van der Waals surface area contributed by atoms with Crippen LogP contribution in [-0.4, -0.2) is 63.4 Å². The molecule has 0 bridgehead atoms. The smallest absolute Gasteiger partial charge is 0.329 e. The van der Waals surface area contributed by atoms with Crippen LogP contribution in [0.4, 0.5) is 4.79 Å². The highest BCUT2D eigenvalue weighted by Crippen LogP contribution is 2.36. The number of esters is 1. The number of aliphatic hydroxyl groups excluding tert-OH is 1. The average molecular weight is 406 g/mol. The van der Waals surface area contributed by atoms with Gasteiger partial charge in [0.1, 0.15) is 6.23 Å². The van der Waals surface area contributed by atoms with Crippen LogP contribution in [0.3, 0.4) is 0 Å². The molecule has 24 heavy (non-hydrogen) atoms. The molecule has 132 valence electrons. The SMILES string of the molecule is CC(=O)OC1N([C@H]2C[C@H](N=[N+]=[N-])[C@@H](CO)O2)C(=O)NC(=O)C1(C)Br. The van der Waals surface area contributed by atoms with Gasteiger partial charge in [-0.25, -0.2) is 4.79 Å². The normalized spacial score (nSPS) is 36.1. The second-order valence-corrected chi connectivity index (χ2v) is 7.17. The van der Waals surface area contributed by atoms with Crippen LogP contribution in [0.15, 0.2) is 5.11 Å². The first kappa shape index (κ1) is 18.5. The first-order chi connectivity index (χ1) is 11.2. The van der Waals surface area contributed by atoms with Crippen molar-refractivity contribution in [3.63, 3.8) is 0 Å². The standard InChI is InChI=1S/C12H16BrN5O6/c1-5(20)23-10-12(2,13)9(21)15-11(22)18(10)8-3-6(16-17-14)7(4-19)24-8/h6-8,10,19H,3-4H2,1-2H3,(H,15,21,22)/t6-,7+,8+,10?,12?/m0/s1. The lowest BCUT2D eigenvalue weighted by molar-refractivity contribution is -0.175. The molecule has 2 aliphatic rings. The Kier molecular flexibility index (Phi) is 5.33. The number of urea groups is 1. The number of halogens is 1. The zero-order valence-corrected chi connectivity index (χ0v) is 14.5. The van der Waals surface area contributed by atoms with E-state index in [1.54, 1.807) is 0 Å². The van der Waals surface area contributed by atoms with Crippen molar-refractivity contribution in [3.05, 3.63) is 10.4 Å². The van der Waals surface area contributed by atoms with Crippen molar-refractivity contribution in [1.29, 1.82) is 0 Å². The van der Waals surface area contributed by atoms with Crippen molar-refractivity contribution in [2.24, 2.45) is 5.11 Å². The fourth-order valence-electron chi connectivity index (χ4n) is 2.61. The van der Waals surface area contributed by atoms with Crippen LogP contribution in [0.5, 0.6) is 0 Å². The Morgan fingerprint density at radius 3 is 2.88 bits per heavy atom. The van der Waals surface area contributed by atoms with Gasteiger partial charge in [0.25, 0.3) is 0 Å². The Hall–Kier alpha value is -1.88. The molecule has 2 fully saturated rings. The molecule has 0 radical (unpaired) electrons. The van der Waals surface area contributed by atoms with Crippen molar-refractivity contribution in [2.45, 2.75) is 49.2 Å². The van der Waals surface area contributed by atoms with Crippen LogP contribution in [0.1, 0.15) is 20.3 Å². The number of alkyl halides is 1. The zero-order valence-electron chi connectivity index (χ0n) is 12.9. The molecule has 0 aromatic heterocycles. The summed E-state index contributed by atoms with van der Waals surface area (Å²) in [5, 5.41) is 15.0. The number of aliphatic hydroxyl groups is 1. The summed E-state index contributed by atoms with van der Waals surface area (Å²) in [7, 11) is 0. The third-order valence-corrected chi connectivity index (χ3v) is 4.54. The van der Waals surface area contributed by atoms with Crippen LogP contribution in [0.2, 0.25) is 0 Å². The first-order valence-corrected chi connectivity index (χ1v) is 7.82. The summed E-state index contributed by atoms with van der Waals surface area (Å²) >= 11 is 3.18. The van der Waals surface area contributed by atoms with Crippen molar-refractivity contribution in [2.75, 3.05) is 6.61 Å². The van der Waals surface area contributed by atoms with Gasteiger partial charge in [-0.3, -0.25) is 19.8 Å². The van der Waals surface area contributed by atoms with Crippen molar-refractivity contribution >= 4 is 33.8 Å². The van der Waals surface area contributed by atoms with Crippen molar-refractivity contribution < 1.29 is 29.0 Å². The molecule has 5 atom stereocenters. The molecule has 12 heteroatoms. The largest absolute Gasteiger partial charge is 0.439 e. The highest BCUT2D eigenvalue weighted by molar-refractivity contribution is 9.10. The van der Waals surface area contributed by atoms with Crippen molar-refractivity contribution in [1.82, 2.24) is 10.2 Å². The molecule has 0 aliphatic carbocycles. The lowest BCUT2D eigenvalue weighted by Crippen LogP contribution is -2.69. The van der Waals surface area contributed by atoms with E-state index in [4.69, 9.17) is 15.0 Å². The van der Waals surface area contributed by atoms with Gasteiger partial charge in [-0.15, -0.1) is 0 Å². The van der Waals surface area contributed by atoms with Gasteiger partial charge >= 0.3 is 12.0 Å². The Balaban J connectivity index is 2.34. The van der Waals surface area contributed by atoms with Gasteiger partial charge in [0.05, 0.1) is 18.8 Å². The van der Waals surface area contributed by atoms with E-state index in [1.807, 2.05) is 0 Å². The summed E-state index contributed by atoms with van der Waals surface area (Å²) in [6.07, 6.45) is -2.95. The van der Waals surface area contributed by atoms with E-state index in [9.17, 15) is 19.5 Å². The summed E-state index contributed by atoms with van der Waals surface area (Å²) < 4.78 is 9.30. The highest BCUT2D eigenvalue weighted by atomic mass is 79.9. The van der Waals surface area contributed by atoms with Gasteiger partial charge in [-0.05, 0) is 12.5 Å². The maximum Gasteiger partial charge on any atom is 0.329 e. The van der Waals surface area contributed by atoms with Crippen LogP contribution in [0.25, 0.3) is 10.4 Å². The number of hydrogen-bond donors (Lipinski definition) is 2. The number of carbonyl (C=O) groups excluding carboxylic acids is 3. The molecule has 2 N–H and O–H groups in total. The number of imide groups is 1. The van der Waals surface area contributed by atoms with Gasteiger partial charge in [0, 0.05) is 18.3 Å². The summed E-state index contributed by atoms with van der Waals surface area (Å²) in [6.45, 7) is 2.17. The monoisotopic (exact) mass is 405 g/mol. The van der Waals surface area contributed by atoms with Crippen LogP contribution in [-0.2, 0) is 19.1 Å². The lowest BCUT2D eigenvalue weighted by atomic mass is 10.0. The van der Waals surface area contributed by atoms with Gasteiger partial charge < -0.3 is 14.6 Å². The van der Waals surface area contributed by atoms with E-state index < -0.39 is 53.4 Å². The summed E-state index contributed by atoms with van der Waals surface area (Å²) in [5.74, 6) is -1.36. The Bertz CT molecular complexity index is 607. The minimum Gasteiger partial charge on any atom is -0.439 e. The van der Waals surface area contributed by atoms with Gasteiger partial charge in [-0.2, -0.15) is 0 Å². The maximum atomic E-state index is 12.3. The number of nitrogens with one attached hydrogen (secondary N) is 1. The second-order valence-electron chi connectivity index (χ2n) is 5.52. The summed E-state index contributed by atoms with van der Waals surface area (Å²) in [4.78, 5) is 39.4. The quantitative estimate of drug-likeness (QED) is 0.226. The number of azide groups is 1. The molecule has 2 heterocycles. The molecule has 2 saturated heterocycles. The molecule has 0 saturated carbocycles. The number of ether oxygens (including phenoxy) is 2. The molecule has 0 aromatic rings. The predicted molar refractivity (Wildman–Crippen MR) is 81.6 cm³/mol. The first-order valence-electron chi connectivity index (χ1n) is 7.02. The lowest BCUT2D eigenvalue weighted by Gasteiger charge is -2.44. The van der Waals surface area contributed by atoms with Crippen LogP contribution >= 0.6 is 15.9 Å². The minimum absolute atomic E-state index is 0.0811. The molecular formula is C12H16BrN5O6. The van der Waals surface area contributed by atoms with Crippen LogP contribution < -0.4 is 5.32 Å². The van der Waals surface area contributed by atoms with Gasteiger partial charge in [0.15, 0.2) is 4.32 Å². The molecule has 0 aromatic carbocycles. The maximum absolute atomic E-state index is 12.3. The van der Waals surface area contributed by atoms with E-state index >= 15 is 0 Å². The van der Waals surface area contributed by atoms with Gasteiger partial charge in [0.2, 0.25) is 12.1 Å². The second kappa shape index (κ2) is 6.93. The molecule has 2 aliphatic heterocycles. The summed E-state index contributed by atoms with van der Waals surface area (Å²) in [5.41, 5.74) is 8.58. The molecule has 0 spiro atoms. The molecule has 2 unspecified atom stereocenters. The average Bonchev–Trinajstić information content (AvgIpc) is 2.88. The molecule has 11 nitrogen and oxygen atoms in total. The molecular weight excluding hydrogens is 390 g/mol. The topological polar surface area (TPSA) is 154 Å². The Morgan fingerprint density at radius 2 is 2.33 bits per heavy atom. The number of rotatable bonds is 4. The zero-order chi connectivity index (χ0) is 18.1. The minimum atomic E-state index is -1.40. The number of carbonyl (C=O) groups is 3. The third-order valence-electron chi connectivity index (χ3n) is 3.79. The van der Waals surface area contributed by atoms with E-state index in [2.05, 4.69) is 31.3 Å². The fourth-order valence-corrected chi connectivity index (χ4v) is 3.02.